The van der Waals surface area contributed by atoms with Crippen molar-refractivity contribution in [1.29, 1.82) is 0 Å². The van der Waals surface area contributed by atoms with E-state index in [-0.39, 0.29) is 0 Å². The van der Waals surface area contributed by atoms with Crippen LogP contribution in [-0.2, 0) is 7.05 Å². The molecule has 2 rings (SSSR count). The molecule has 1 aliphatic rings. The zero-order chi connectivity index (χ0) is 9.26. The highest BCUT2D eigenvalue weighted by Crippen LogP contribution is 2.37. The van der Waals surface area contributed by atoms with Crippen LogP contribution in [0.2, 0.25) is 0 Å². The van der Waals surface area contributed by atoms with Crippen molar-refractivity contribution >= 4 is 0 Å². The number of hydrogen-bond acceptors (Lipinski definition) is 3. The van der Waals surface area contributed by atoms with E-state index < -0.39 is 0 Å². The van der Waals surface area contributed by atoms with Crippen molar-refractivity contribution in [3.63, 3.8) is 0 Å². The van der Waals surface area contributed by atoms with Crippen molar-refractivity contribution < 1.29 is 0 Å². The van der Waals surface area contributed by atoms with Crippen LogP contribution < -0.4 is 5.73 Å². The monoisotopic (exact) mass is 180 g/mol. The summed E-state index contributed by atoms with van der Waals surface area (Å²) in [6.45, 7) is 0.775. The van der Waals surface area contributed by atoms with Crippen LogP contribution in [0.1, 0.15) is 31.0 Å². The molecule has 0 saturated heterocycles. The summed E-state index contributed by atoms with van der Waals surface area (Å²) >= 11 is 0. The standard InChI is InChI=1S/C9H16N4/c1-13-6-11-12-9(13)8-4-2-3-7(8)5-10/h6-8H,2-5,10H2,1H3. The highest BCUT2D eigenvalue weighted by atomic mass is 15.2. The van der Waals surface area contributed by atoms with Gasteiger partial charge in [-0.1, -0.05) is 6.42 Å². The number of aromatic nitrogens is 3. The Kier molecular flexibility index (Phi) is 2.31. The van der Waals surface area contributed by atoms with E-state index in [2.05, 4.69) is 10.2 Å². The molecule has 72 valence electrons. The van der Waals surface area contributed by atoms with E-state index in [4.69, 9.17) is 5.73 Å². The van der Waals surface area contributed by atoms with Crippen LogP contribution >= 0.6 is 0 Å². The van der Waals surface area contributed by atoms with Crippen LogP contribution in [0.4, 0.5) is 0 Å². The van der Waals surface area contributed by atoms with Crippen molar-refractivity contribution in [2.45, 2.75) is 25.2 Å². The van der Waals surface area contributed by atoms with Crippen molar-refractivity contribution in [1.82, 2.24) is 14.8 Å². The van der Waals surface area contributed by atoms with Gasteiger partial charge in [0.05, 0.1) is 0 Å². The third kappa shape index (κ3) is 1.46. The summed E-state index contributed by atoms with van der Waals surface area (Å²) in [5.74, 6) is 2.26. The lowest BCUT2D eigenvalue weighted by molar-refractivity contribution is 0.466. The number of aryl methyl sites for hydroxylation is 1. The maximum atomic E-state index is 5.72. The van der Waals surface area contributed by atoms with E-state index in [1.165, 1.54) is 19.3 Å². The van der Waals surface area contributed by atoms with Gasteiger partial charge in [0.1, 0.15) is 12.2 Å². The van der Waals surface area contributed by atoms with Gasteiger partial charge in [-0.25, -0.2) is 0 Å². The molecule has 2 atom stereocenters. The second kappa shape index (κ2) is 3.46. The minimum atomic E-state index is 0.539. The molecule has 0 radical (unpaired) electrons. The molecule has 2 N–H and O–H groups in total. The van der Waals surface area contributed by atoms with Gasteiger partial charge in [-0.2, -0.15) is 0 Å². The first-order valence-electron chi connectivity index (χ1n) is 4.87. The van der Waals surface area contributed by atoms with Crippen molar-refractivity contribution in [3.8, 4) is 0 Å². The van der Waals surface area contributed by atoms with Gasteiger partial charge >= 0.3 is 0 Å². The quantitative estimate of drug-likeness (QED) is 0.727. The molecular formula is C9H16N4. The molecule has 0 aliphatic heterocycles. The van der Waals surface area contributed by atoms with E-state index in [0.29, 0.717) is 11.8 Å². The largest absolute Gasteiger partial charge is 0.330 e. The zero-order valence-electron chi connectivity index (χ0n) is 7.98. The van der Waals surface area contributed by atoms with Crippen LogP contribution in [-0.4, -0.2) is 21.3 Å². The first-order chi connectivity index (χ1) is 6.33. The van der Waals surface area contributed by atoms with Gasteiger partial charge in [-0.05, 0) is 25.3 Å². The van der Waals surface area contributed by atoms with Crippen LogP contribution in [0.15, 0.2) is 6.33 Å². The fourth-order valence-electron chi connectivity index (χ4n) is 2.29. The summed E-state index contributed by atoms with van der Waals surface area (Å²) in [6, 6.07) is 0. The lowest BCUT2D eigenvalue weighted by Crippen LogP contribution is -2.19. The Labute approximate surface area is 78.1 Å². The van der Waals surface area contributed by atoms with Gasteiger partial charge < -0.3 is 10.3 Å². The second-order valence-corrected chi connectivity index (χ2v) is 3.83. The molecule has 0 amide bonds. The molecule has 1 fully saturated rings. The third-order valence-corrected chi connectivity index (χ3v) is 3.04. The highest BCUT2D eigenvalue weighted by molar-refractivity contribution is 5.02. The summed E-state index contributed by atoms with van der Waals surface area (Å²) in [5.41, 5.74) is 5.72. The molecule has 0 bridgehead atoms. The molecular weight excluding hydrogens is 164 g/mol. The summed E-state index contributed by atoms with van der Waals surface area (Å²) in [7, 11) is 2.00. The summed E-state index contributed by atoms with van der Waals surface area (Å²) in [4.78, 5) is 0. The molecule has 13 heavy (non-hydrogen) atoms. The molecule has 1 heterocycles. The van der Waals surface area contributed by atoms with E-state index in [0.717, 1.165) is 12.4 Å². The molecule has 1 aliphatic carbocycles. The van der Waals surface area contributed by atoms with Gasteiger partial charge in [0, 0.05) is 13.0 Å². The Hall–Kier alpha value is -0.900. The van der Waals surface area contributed by atoms with E-state index in [1.54, 1.807) is 6.33 Å². The molecule has 1 aromatic rings. The van der Waals surface area contributed by atoms with Gasteiger partial charge in [0.15, 0.2) is 0 Å². The van der Waals surface area contributed by atoms with Crippen molar-refractivity contribution in [2.75, 3.05) is 6.54 Å². The van der Waals surface area contributed by atoms with Crippen LogP contribution in [0.5, 0.6) is 0 Å². The zero-order valence-corrected chi connectivity index (χ0v) is 7.98. The van der Waals surface area contributed by atoms with Gasteiger partial charge in [0.2, 0.25) is 0 Å². The summed E-state index contributed by atoms with van der Waals surface area (Å²) in [6.07, 6.45) is 5.50. The Morgan fingerprint density at radius 1 is 1.62 bits per heavy atom. The normalized spacial score (nSPS) is 28.2. The average Bonchev–Trinajstić information content (AvgIpc) is 2.71. The summed E-state index contributed by atoms with van der Waals surface area (Å²) < 4.78 is 2.01. The Morgan fingerprint density at radius 2 is 2.46 bits per heavy atom. The molecule has 0 aromatic carbocycles. The summed E-state index contributed by atoms with van der Waals surface area (Å²) in [5, 5.41) is 8.06. The topological polar surface area (TPSA) is 56.7 Å². The molecule has 4 nitrogen and oxygen atoms in total. The molecule has 1 saturated carbocycles. The van der Waals surface area contributed by atoms with Crippen LogP contribution in [0, 0.1) is 5.92 Å². The Bertz CT molecular complexity index is 281. The van der Waals surface area contributed by atoms with Crippen molar-refractivity contribution in [3.05, 3.63) is 12.2 Å². The van der Waals surface area contributed by atoms with E-state index in [9.17, 15) is 0 Å². The minimum absolute atomic E-state index is 0.539. The third-order valence-electron chi connectivity index (χ3n) is 3.04. The SMILES string of the molecule is Cn1cnnc1C1CCCC1CN. The van der Waals surface area contributed by atoms with Crippen molar-refractivity contribution in [2.24, 2.45) is 18.7 Å². The van der Waals surface area contributed by atoms with Gasteiger partial charge in [-0.15, -0.1) is 10.2 Å². The molecule has 2 unspecified atom stereocenters. The predicted molar refractivity (Wildman–Crippen MR) is 50.1 cm³/mol. The number of rotatable bonds is 2. The maximum absolute atomic E-state index is 5.72. The predicted octanol–water partition coefficient (Wildman–Crippen LogP) is 0.657. The van der Waals surface area contributed by atoms with E-state index in [1.807, 2.05) is 11.6 Å². The minimum Gasteiger partial charge on any atom is -0.330 e. The maximum Gasteiger partial charge on any atom is 0.135 e. The number of nitrogens with two attached hydrogens (primary N) is 1. The van der Waals surface area contributed by atoms with Crippen LogP contribution in [0.3, 0.4) is 0 Å². The van der Waals surface area contributed by atoms with Crippen LogP contribution in [0.25, 0.3) is 0 Å². The Morgan fingerprint density at radius 3 is 3.08 bits per heavy atom. The molecule has 0 spiro atoms. The highest BCUT2D eigenvalue weighted by Gasteiger charge is 2.30. The smallest absolute Gasteiger partial charge is 0.135 e. The first kappa shape index (κ1) is 8.69. The number of nitrogens with zero attached hydrogens (tertiary/aromatic N) is 3. The average molecular weight is 180 g/mol. The number of hydrogen-bond donors (Lipinski definition) is 1. The lowest BCUT2D eigenvalue weighted by Gasteiger charge is -2.16. The second-order valence-electron chi connectivity index (χ2n) is 3.83. The fraction of sp³-hybridized carbons (Fsp3) is 0.778. The molecule has 1 aromatic heterocycles. The van der Waals surface area contributed by atoms with Gasteiger partial charge in [-0.3, -0.25) is 0 Å². The lowest BCUT2D eigenvalue weighted by atomic mass is 9.95. The Balaban J connectivity index is 2.20. The molecule has 4 heteroatoms. The first-order valence-corrected chi connectivity index (χ1v) is 4.87. The van der Waals surface area contributed by atoms with E-state index >= 15 is 0 Å². The fourth-order valence-corrected chi connectivity index (χ4v) is 2.29. The van der Waals surface area contributed by atoms with Gasteiger partial charge in [0.25, 0.3) is 0 Å².